The Labute approximate surface area is 130 Å². The average molecular weight is 355 g/mol. The van der Waals surface area contributed by atoms with Gasteiger partial charge < -0.3 is 5.11 Å². The molecule has 23 heavy (non-hydrogen) atoms. The highest BCUT2D eigenvalue weighted by Gasteiger charge is 2.33. The number of aliphatic hydroxyl groups excluding tert-OH is 1. The number of aromatic nitrogens is 5. The van der Waals surface area contributed by atoms with Gasteiger partial charge in [0.2, 0.25) is 0 Å². The Hall–Kier alpha value is -1.82. The third-order valence-electron chi connectivity index (χ3n) is 2.70. The second kappa shape index (κ2) is 7.17. The van der Waals surface area contributed by atoms with Crippen LogP contribution in [-0.2, 0) is 0 Å². The first-order valence-electron chi connectivity index (χ1n) is 6.12. The van der Waals surface area contributed by atoms with Crippen molar-refractivity contribution in [3.63, 3.8) is 0 Å². The third kappa shape index (κ3) is 4.82. The number of nitrogens with zero attached hydrogens (tertiary/aromatic N) is 5. The van der Waals surface area contributed by atoms with Crippen LogP contribution in [0.3, 0.4) is 0 Å². The molecule has 126 valence electrons. The molecule has 0 fully saturated rings. The van der Waals surface area contributed by atoms with E-state index in [0.29, 0.717) is 11.8 Å². The van der Waals surface area contributed by atoms with E-state index in [0.717, 1.165) is 17.2 Å². The summed E-state index contributed by atoms with van der Waals surface area (Å²) < 4.78 is 62.9. The molecule has 2 atom stereocenters. The summed E-state index contributed by atoms with van der Waals surface area (Å²) in [6, 6.07) is 1.19. The summed E-state index contributed by atoms with van der Waals surface area (Å²) in [5.74, 6) is -1.09. The van der Waals surface area contributed by atoms with E-state index < -0.39 is 30.5 Å². The first-order valence-corrected chi connectivity index (χ1v) is 7.10. The number of alkyl halides is 5. The summed E-state index contributed by atoms with van der Waals surface area (Å²) in [7, 11) is 0. The molecular formula is C11H10F5N5OS. The van der Waals surface area contributed by atoms with Crippen LogP contribution >= 0.6 is 11.8 Å². The van der Waals surface area contributed by atoms with Gasteiger partial charge in [0.15, 0.2) is 0 Å². The number of thioether (sulfide) groups is 1. The van der Waals surface area contributed by atoms with Crippen LogP contribution in [-0.4, -0.2) is 54.8 Å². The predicted molar refractivity (Wildman–Crippen MR) is 69.0 cm³/mol. The molecule has 0 spiro atoms. The quantitative estimate of drug-likeness (QED) is 0.630. The van der Waals surface area contributed by atoms with Crippen LogP contribution in [0.25, 0.3) is 0 Å². The summed E-state index contributed by atoms with van der Waals surface area (Å²) in [4.78, 5) is 4.06. The molecule has 6 nitrogen and oxygen atoms in total. The Balaban J connectivity index is 2.20. The highest BCUT2D eigenvalue weighted by Crippen LogP contribution is 2.29. The summed E-state index contributed by atoms with van der Waals surface area (Å²) >= 11 is 0.515. The van der Waals surface area contributed by atoms with Crippen molar-refractivity contribution in [3.8, 4) is 0 Å². The Morgan fingerprint density at radius 3 is 2.48 bits per heavy atom. The van der Waals surface area contributed by atoms with Crippen LogP contribution < -0.4 is 0 Å². The van der Waals surface area contributed by atoms with E-state index >= 15 is 0 Å². The predicted octanol–water partition coefficient (Wildman–Crippen LogP) is 1.94. The fraction of sp³-hybridized carbons (Fsp3) is 0.455. The highest BCUT2D eigenvalue weighted by atomic mass is 32.2. The molecule has 0 radical (unpaired) electrons. The standard InChI is InChI=1S/C11H10F5N5OS/c12-10(13)9(22)8(21-5-18-19-20-21)7-2-1-6(3-17-7)23-4-11(14,15)16/h1-3,5,8-10,22H,4H2. The molecule has 2 rings (SSSR count). The molecule has 0 bridgehead atoms. The van der Waals surface area contributed by atoms with Crippen molar-refractivity contribution in [2.45, 2.75) is 29.6 Å². The Bertz CT molecular complexity index is 606. The van der Waals surface area contributed by atoms with E-state index in [1.165, 1.54) is 12.1 Å². The third-order valence-corrected chi connectivity index (χ3v) is 3.74. The number of rotatable bonds is 6. The smallest absolute Gasteiger partial charge is 0.384 e. The maximum atomic E-state index is 12.8. The molecule has 0 aliphatic rings. The molecule has 12 heteroatoms. The van der Waals surface area contributed by atoms with Crippen LogP contribution in [0.5, 0.6) is 0 Å². The van der Waals surface area contributed by atoms with E-state index in [1.54, 1.807) is 0 Å². The van der Waals surface area contributed by atoms with Crippen molar-refractivity contribution in [3.05, 3.63) is 30.4 Å². The second-order valence-corrected chi connectivity index (χ2v) is 5.43. The summed E-state index contributed by atoms with van der Waals surface area (Å²) in [5, 5.41) is 19.7. The van der Waals surface area contributed by atoms with Crippen LogP contribution in [0.1, 0.15) is 11.7 Å². The monoisotopic (exact) mass is 355 g/mol. The molecule has 2 aromatic rings. The lowest BCUT2D eigenvalue weighted by atomic mass is 10.1. The molecular weight excluding hydrogens is 345 g/mol. The van der Waals surface area contributed by atoms with E-state index in [-0.39, 0.29) is 10.6 Å². The van der Waals surface area contributed by atoms with Gasteiger partial charge in [0.1, 0.15) is 18.5 Å². The van der Waals surface area contributed by atoms with E-state index in [2.05, 4.69) is 20.5 Å². The van der Waals surface area contributed by atoms with Gasteiger partial charge in [0, 0.05) is 11.1 Å². The molecule has 0 saturated carbocycles. The van der Waals surface area contributed by atoms with Gasteiger partial charge in [-0.2, -0.15) is 13.2 Å². The van der Waals surface area contributed by atoms with Crippen molar-refractivity contribution >= 4 is 11.8 Å². The molecule has 2 unspecified atom stereocenters. The summed E-state index contributed by atoms with van der Waals surface area (Å²) in [6.45, 7) is 0. The first-order chi connectivity index (χ1) is 10.8. The molecule has 0 aliphatic heterocycles. The molecule has 0 aromatic carbocycles. The van der Waals surface area contributed by atoms with Crippen LogP contribution in [0.4, 0.5) is 22.0 Å². The van der Waals surface area contributed by atoms with Gasteiger partial charge in [-0.25, -0.2) is 13.5 Å². The lowest BCUT2D eigenvalue weighted by Crippen LogP contribution is -2.32. The number of tetrazole rings is 1. The van der Waals surface area contributed by atoms with Gasteiger partial charge in [-0.3, -0.25) is 4.98 Å². The number of halogens is 5. The van der Waals surface area contributed by atoms with Crippen molar-refractivity contribution in [1.29, 1.82) is 0 Å². The fourth-order valence-electron chi connectivity index (χ4n) is 1.72. The second-order valence-electron chi connectivity index (χ2n) is 4.38. The molecule has 2 heterocycles. The zero-order valence-electron chi connectivity index (χ0n) is 11.2. The zero-order chi connectivity index (χ0) is 17.0. The summed E-state index contributed by atoms with van der Waals surface area (Å²) in [6.07, 6.45) is -7.39. The Morgan fingerprint density at radius 1 is 1.26 bits per heavy atom. The largest absolute Gasteiger partial charge is 0.398 e. The molecule has 0 amide bonds. The highest BCUT2D eigenvalue weighted by molar-refractivity contribution is 7.99. The Kier molecular flexibility index (Phi) is 5.46. The maximum Gasteiger partial charge on any atom is 0.398 e. The minimum atomic E-state index is -4.33. The summed E-state index contributed by atoms with van der Waals surface area (Å²) in [5.41, 5.74) is 0.00135. The van der Waals surface area contributed by atoms with Crippen molar-refractivity contribution in [2.24, 2.45) is 0 Å². The molecule has 2 aromatic heterocycles. The normalized spacial score (nSPS) is 14.9. The average Bonchev–Trinajstić information content (AvgIpc) is 2.99. The van der Waals surface area contributed by atoms with Crippen LogP contribution in [0, 0.1) is 0 Å². The SMILES string of the molecule is OC(C(F)F)C(c1ccc(SCC(F)(F)F)cn1)n1cnnn1. The molecule has 0 aliphatic carbocycles. The van der Waals surface area contributed by atoms with E-state index in [4.69, 9.17) is 0 Å². The fourth-order valence-corrected chi connectivity index (χ4v) is 2.34. The van der Waals surface area contributed by atoms with E-state index in [9.17, 15) is 27.1 Å². The minimum absolute atomic E-state index is 0.00135. The lowest BCUT2D eigenvalue weighted by molar-refractivity contribution is -0.105. The first kappa shape index (κ1) is 17.5. The van der Waals surface area contributed by atoms with Crippen LogP contribution in [0.2, 0.25) is 0 Å². The van der Waals surface area contributed by atoms with Crippen molar-refractivity contribution in [1.82, 2.24) is 25.2 Å². The number of aliphatic hydroxyl groups is 1. The van der Waals surface area contributed by atoms with Gasteiger partial charge in [0.05, 0.1) is 11.4 Å². The van der Waals surface area contributed by atoms with Gasteiger partial charge in [0.25, 0.3) is 6.43 Å². The topological polar surface area (TPSA) is 76.7 Å². The van der Waals surface area contributed by atoms with Gasteiger partial charge in [-0.05, 0) is 22.6 Å². The van der Waals surface area contributed by atoms with E-state index in [1.807, 2.05) is 0 Å². The lowest BCUT2D eigenvalue weighted by Gasteiger charge is -2.21. The molecule has 0 saturated heterocycles. The van der Waals surface area contributed by atoms with Crippen molar-refractivity contribution < 1.29 is 27.1 Å². The number of hydrogen-bond acceptors (Lipinski definition) is 6. The van der Waals surface area contributed by atoms with Gasteiger partial charge >= 0.3 is 6.18 Å². The zero-order valence-corrected chi connectivity index (χ0v) is 12.0. The van der Waals surface area contributed by atoms with Gasteiger partial charge in [-0.15, -0.1) is 16.9 Å². The van der Waals surface area contributed by atoms with Gasteiger partial charge in [-0.1, -0.05) is 0 Å². The Morgan fingerprint density at radius 2 is 2.00 bits per heavy atom. The number of pyridine rings is 1. The molecule has 1 N–H and O–H groups in total. The van der Waals surface area contributed by atoms with Crippen LogP contribution in [0.15, 0.2) is 29.6 Å². The minimum Gasteiger partial charge on any atom is -0.384 e. The maximum absolute atomic E-state index is 12.8. The van der Waals surface area contributed by atoms with Crippen molar-refractivity contribution in [2.75, 3.05) is 5.75 Å². The number of hydrogen-bond donors (Lipinski definition) is 1.